The Kier molecular flexibility index (Phi) is 7.84. The molecular weight excluding hydrogens is 404 g/mol. The van der Waals surface area contributed by atoms with Crippen molar-refractivity contribution in [3.05, 3.63) is 54.1 Å². The van der Waals surface area contributed by atoms with Crippen LogP contribution in [0.4, 0.5) is 0 Å². The number of carbonyl (C=O) groups is 2. The molecule has 8 heteroatoms. The fourth-order valence-electron chi connectivity index (χ4n) is 3.05. The zero-order valence-corrected chi connectivity index (χ0v) is 17.9. The average molecular weight is 431 g/mol. The van der Waals surface area contributed by atoms with Gasteiger partial charge in [0.1, 0.15) is 11.8 Å². The summed E-state index contributed by atoms with van der Waals surface area (Å²) in [7, 11) is 1.73. The fraction of sp³-hybridized carbons (Fsp3) is 0.364. The molecule has 1 unspecified atom stereocenters. The lowest BCUT2D eigenvalue weighted by atomic mass is 10.1. The van der Waals surface area contributed by atoms with E-state index >= 15 is 0 Å². The van der Waals surface area contributed by atoms with E-state index in [-0.39, 0.29) is 25.2 Å². The molecule has 2 amide bonds. The number of amides is 2. The number of hydrogen-bond donors (Lipinski definition) is 1. The molecule has 0 aromatic heterocycles. The highest BCUT2D eigenvalue weighted by atomic mass is 32.2. The van der Waals surface area contributed by atoms with Gasteiger partial charge >= 0.3 is 0 Å². The molecule has 30 heavy (non-hydrogen) atoms. The van der Waals surface area contributed by atoms with Crippen LogP contribution in [0.25, 0.3) is 0 Å². The highest BCUT2D eigenvalue weighted by Gasteiger charge is 2.24. The summed E-state index contributed by atoms with van der Waals surface area (Å²) in [5.41, 5.74) is 0.928. The van der Waals surface area contributed by atoms with Gasteiger partial charge in [-0.05, 0) is 48.3 Å². The van der Waals surface area contributed by atoms with Crippen molar-refractivity contribution in [3.63, 3.8) is 0 Å². The maximum absolute atomic E-state index is 13.0. The van der Waals surface area contributed by atoms with Crippen molar-refractivity contribution in [1.29, 1.82) is 0 Å². The Labute approximate surface area is 180 Å². The number of rotatable bonds is 10. The molecule has 0 fully saturated rings. The zero-order valence-electron chi connectivity index (χ0n) is 17.1. The van der Waals surface area contributed by atoms with E-state index in [4.69, 9.17) is 14.2 Å². The molecule has 0 spiro atoms. The third kappa shape index (κ3) is 6.06. The van der Waals surface area contributed by atoms with Crippen molar-refractivity contribution in [2.24, 2.45) is 0 Å². The van der Waals surface area contributed by atoms with E-state index in [1.807, 2.05) is 42.7 Å². The summed E-state index contributed by atoms with van der Waals surface area (Å²) in [5.74, 6) is 2.28. The third-order valence-corrected chi connectivity index (χ3v) is 5.23. The summed E-state index contributed by atoms with van der Waals surface area (Å²) in [5, 5.41) is 2.82. The van der Waals surface area contributed by atoms with Crippen molar-refractivity contribution in [2.45, 2.75) is 19.0 Å². The molecule has 0 bridgehead atoms. The molecule has 0 radical (unpaired) electrons. The first-order valence-corrected chi connectivity index (χ1v) is 11.1. The SMILES string of the molecule is CSCCC(NC(=O)COc1ccccc1)C(=O)N(C)Cc1ccc2c(c1)OCO2. The van der Waals surface area contributed by atoms with Gasteiger partial charge in [0.25, 0.3) is 5.91 Å². The van der Waals surface area contributed by atoms with Gasteiger partial charge in [0.05, 0.1) is 0 Å². The van der Waals surface area contributed by atoms with Crippen LogP contribution < -0.4 is 19.5 Å². The Morgan fingerprint density at radius 1 is 1.17 bits per heavy atom. The second-order valence-electron chi connectivity index (χ2n) is 6.89. The normalized spacial score (nSPS) is 12.9. The van der Waals surface area contributed by atoms with Gasteiger partial charge < -0.3 is 24.4 Å². The topological polar surface area (TPSA) is 77.1 Å². The number of carbonyl (C=O) groups excluding carboxylic acids is 2. The smallest absolute Gasteiger partial charge is 0.258 e. The van der Waals surface area contributed by atoms with Crippen LogP contribution >= 0.6 is 11.8 Å². The summed E-state index contributed by atoms with van der Waals surface area (Å²) in [4.78, 5) is 27.0. The van der Waals surface area contributed by atoms with E-state index in [1.165, 1.54) is 0 Å². The number of nitrogens with one attached hydrogen (secondary N) is 1. The molecule has 1 N–H and O–H groups in total. The first-order chi connectivity index (χ1) is 14.6. The number of thioether (sulfide) groups is 1. The highest BCUT2D eigenvalue weighted by Crippen LogP contribution is 2.32. The molecule has 1 aliphatic rings. The predicted molar refractivity (Wildman–Crippen MR) is 116 cm³/mol. The molecule has 0 saturated heterocycles. The molecule has 2 aromatic carbocycles. The average Bonchev–Trinajstić information content (AvgIpc) is 3.23. The molecule has 1 aliphatic heterocycles. The van der Waals surface area contributed by atoms with Crippen LogP contribution in [0.2, 0.25) is 0 Å². The minimum atomic E-state index is -0.608. The molecule has 3 rings (SSSR count). The Morgan fingerprint density at radius 3 is 2.70 bits per heavy atom. The quantitative estimate of drug-likeness (QED) is 0.625. The van der Waals surface area contributed by atoms with E-state index in [2.05, 4.69) is 5.32 Å². The summed E-state index contributed by atoms with van der Waals surface area (Å²) in [6.07, 6.45) is 2.51. The number of ether oxygens (including phenoxy) is 3. The number of likely N-dealkylation sites (N-methyl/N-ethyl adjacent to an activating group) is 1. The van der Waals surface area contributed by atoms with Crippen LogP contribution in [0.15, 0.2) is 48.5 Å². The predicted octanol–water partition coefficient (Wildman–Crippen LogP) is 2.69. The van der Waals surface area contributed by atoms with Gasteiger partial charge in [0, 0.05) is 13.6 Å². The number of hydrogen-bond acceptors (Lipinski definition) is 6. The molecule has 0 saturated carbocycles. The van der Waals surface area contributed by atoms with Crippen molar-refractivity contribution in [3.8, 4) is 17.2 Å². The minimum absolute atomic E-state index is 0.140. The van der Waals surface area contributed by atoms with Crippen LogP contribution in [0.3, 0.4) is 0 Å². The van der Waals surface area contributed by atoms with Crippen molar-refractivity contribution < 1.29 is 23.8 Å². The van der Waals surface area contributed by atoms with Crippen molar-refractivity contribution in [2.75, 3.05) is 32.5 Å². The van der Waals surface area contributed by atoms with Gasteiger partial charge in [-0.25, -0.2) is 0 Å². The molecule has 160 valence electrons. The van der Waals surface area contributed by atoms with Gasteiger partial charge in [-0.2, -0.15) is 11.8 Å². The van der Waals surface area contributed by atoms with Crippen LogP contribution in [-0.2, 0) is 16.1 Å². The summed E-state index contributed by atoms with van der Waals surface area (Å²) in [6, 6.07) is 14.1. The molecule has 7 nitrogen and oxygen atoms in total. The van der Waals surface area contributed by atoms with Crippen molar-refractivity contribution >= 4 is 23.6 Å². The summed E-state index contributed by atoms with van der Waals surface area (Å²) >= 11 is 1.63. The number of fused-ring (bicyclic) bond motifs is 1. The van der Waals surface area contributed by atoms with E-state index in [0.717, 1.165) is 11.3 Å². The van der Waals surface area contributed by atoms with Gasteiger partial charge in [-0.1, -0.05) is 24.3 Å². The van der Waals surface area contributed by atoms with Crippen LogP contribution in [0, 0.1) is 0 Å². The monoisotopic (exact) mass is 430 g/mol. The summed E-state index contributed by atoms with van der Waals surface area (Å²) < 4.78 is 16.2. The summed E-state index contributed by atoms with van der Waals surface area (Å²) in [6.45, 7) is 0.474. The van der Waals surface area contributed by atoms with E-state index in [0.29, 0.717) is 30.2 Å². The van der Waals surface area contributed by atoms with Gasteiger partial charge in [-0.15, -0.1) is 0 Å². The third-order valence-electron chi connectivity index (χ3n) is 4.59. The van der Waals surface area contributed by atoms with E-state index in [9.17, 15) is 9.59 Å². The number of para-hydroxylation sites is 1. The second-order valence-corrected chi connectivity index (χ2v) is 7.87. The Hall–Kier alpha value is -2.87. The van der Waals surface area contributed by atoms with Crippen molar-refractivity contribution in [1.82, 2.24) is 10.2 Å². The lowest BCUT2D eigenvalue weighted by Gasteiger charge is -2.25. The molecular formula is C22H26N2O5S. The Morgan fingerprint density at radius 2 is 1.93 bits per heavy atom. The molecule has 2 aromatic rings. The first-order valence-electron chi connectivity index (χ1n) is 9.66. The second kappa shape index (κ2) is 10.8. The van der Waals surface area contributed by atoms with Crippen LogP contribution in [0.1, 0.15) is 12.0 Å². The number of nitrogens with zero attached hydrogens (tertiary/aromatic N) is 1. The zero-order chi connectivity index (χ0) is 21.3. The van der Waals surface area contributed by atoms with Gasteiger partial charge in [0.2, 0.25) is 12.7 Å². The largest absolute Gasteiger partial charge is 0.484 e. The molecule has 1 atom stereocenters. The lowest BCUT2D eigenvalue weighted by molar-refractivity contribution is -0.136. The minimum Gasteiger partial charge on any atom is -0.484 e. The maximum atomic E-state index is 13.0. The maximum Gasteiger partial charge on any atom is 0.258 e. The number of benzene rings is 2. The Bertz CT molecular complexity index is 862. The van der Waals surface area contributed by atoms with Crippen LogP contribution in [0.5, 0.6) is 17.2 Å². The van der Waals surface area contributed by atoms with Crippen LogP contribution in [-0.4, -0.2) is 55.2 Å². The standard InChI is InChI=1S/C22H26N2O5S/c1-24(13-16-8-9-19-20(12-16)29-15-28-19)22(26)18(10-11-30-2)23-21(25)14-27-17-6-4-3-5-7-17/h3-9,12,18H,10-11,13-15H2,1-2H3,(H,23,25). The molecule has 1 heterocycles. The highest BCUT2D eigenvalue weighted by molar-refractivity contribution is 7.98. The van der Waals surface area contributed by atoms with E-state index in [1.54, 1.807) is 35.8 Å². The first kappa shape index (κ1) is 21.8. The Balaban J connectivity index is 1.57. The lowest BCUT2D eigenvalue weighted by Crippen LogP contribution is -2.48. The van der Waals surface area contributed by atoms with Gasteiger partial charge in [0.15, 0.2) is 18.1 Å². The van der Waals surface area contributed by atoms with Gasteiger partial charge in [-0.3, -0.25) is 9.59 Å². The fourth-order valence-corrected chi connectivity index (χ4v) is 3.52. The van der Waals surface area contributed by atoms with E-state index < -0.39 is 6.04 Å². The molecule has 0 aliphatic carbocycles.